The van der Waals surface area contributed by atoms with Crippen molar-refractivity contribution in [2.45, 2.75) is 105 Å². The molecule has 2 aliphatic rings. The highest BCUT2D eigenvalue weighted by Gasteiger charge is 2.30. The molecule has 23 heteroatoms. The third-order valence-corrected chi connectivity index (χ3v) is 12.2. The fraction of sp³-hybridized carbons (Fsp3) is 0.528. The average molecular weight is 1050 g/mol. The molecule has 8 N–H and O–H groups in total. The standard InChI is InChI=1S/C53H73N13O10/c1-30(2)26-40-44(67)54-18-22-65(23-19-55-45(68)41(27-31(3)4)62-49(72)35-13-9-12-34(58-35)48(71)61-40)52(75)38-16-11-17-39(60-38)53(76)66-24-20-56-46(69)42(28-32(5)6)63-50(73)36-14-10-15-37(59-36)51(74)64-43(29-33(7)8)47(70)57-21-25-66/h9-17,30-33,40-43H,18-29H2,1-8H3,(H,54,67)(H,55,68)(H,56,69)(H,57,70)(H,61,71)(H,62,72)(H,63,73)(H,64,74)/t40-,41-,42-,43-/m0/s1. The van der Waals surface area contributed by atoms with Gasteiger partial charge in [-0.25, -0.2) is 15.0 Å². The molecule has 0 saturated heterocycles. The molecule has 3 aromatic rings. The summed E-state index contributed by atoms with van der Waals surface area (Å²) in [6.07, 6.45) is 1.02. The Kier molecular flexibility index (Phi) is 21.9. The van der Waals surface area contributed by atoms with Gasteiger partial charge in [0.05, 0.1) is 0 Å². The van der Waals surface area contributed by atoms with Crippen LogP contribution in [0.3, 0.4) is 0 Å². The normalized spacial score (nSPS) is 20.4. The van der Waals surface area contributed by atoms with Crippen molar-refractivity contribution in [1.29, 1.82) is 0 Å². The summed E-state index contributed by atoms with van der Waals surface area (Å²) in [5, 5.41) is 22.1. The Balaban J connectivity index is 1.41. The van der Waals surface area contributed by atoms with Crippen LogP contribution in [0, 0.1) is 23.7 Å². The third-order valence-electron chi connectivity index (χ3n) is 12.2. The van der Waals surface area contributed by atoms with Crippen molar-refractivity contribution < 1.29 is 47.9 Å². The maximum Gasteiger partial charge on any atom is 0.272 e. The van der Waals surface area contributed by atoms with Crippen molar-refractivity contribution in [1.82, 2.24) is 67.3 Å². The topological polar surface area (TPSA) is 312 Å². The first-order chi connectivity index (χ1) is 36.1. The van der Waals surface area contributed by atoms with E-state index in [9.17, 15) is 47.9 Å². The van der Waals surface area contributed by atoms with Gasteiger partial charge in [0.2, 0.25) is 23.6 Å². The molecule has 2 aliphatic heterocycles. The number of carbonyl (C=O) groups excluding carboxylic acids is 10. The van der Waals surface area contributed by atoms with Gasteiger partial charge in [0.15, 0.2) is 0 Å². The first-order valence-corrected chi connectivity index (χ1v) is 25.9. The summed E-state index contributed by atoms with van der Waals surface area (Å²) in [7, 11) is 0. The van der Waals surface area contributed by atoms with Crippen LogP contribution in [0.5, 0.6) is 0 Å². The van der Waals surface area contributed by atoms with E-state index in [0.717, 1.165) is 0 Å². The van der Waals surface area contributed by atoms with Gasteiger partial charge in [-0.05, 0) is 85.8 Å². The number of rotatable bonds is 10. The Morgan fingerprint density at radius 2 is 0.645 bits per heavy atom. The van der Waals surface area contributed by atoms with Crippen LogP contribution >= 0.6 is 0 Å². The van der Waals surface area contributed by atoms with Gasteiger partial charge in [0.1, 0.15) is 58.3 Å². The van der Waals surface area contributed by atoms with E-state index in [-0.39, 0.29) is 136 Å². The molecule has 76 heavy (non-hydrogen) atoms. The summed E-state index contributed by atoms with van der Waals surface area (Å²) < 4.78 is 0. The molecule has 0 aromatic carbocycles. The summed E-state index contributed by atoms with van der Waals surface area (Å²) in [4.78, 5) is 153. The monoisotopic (exact) mass is 1050 g/mol. The van der Waals surface area contributed by atoms with E-state index < -0.39 is 83.2 Å². The van der Waals surface area contributed by atoms with Crippen LogP contribution in [-0.2, 0) is 19.2 Å². The van der Waals surface area contributed by atoms with Crippen molar-refractivity contribution in [3.05, 3.63) is 88.8 Å². The smallest absolute Gasteiger partial charge is 0.272 e. The van der Waals surface area contributed by atoms with Crippen LogP contribution in [0.15, 0.2) is 54.6 Å². The number of aromatic nitrogens is 3. The lowest BCUT2D eigenvalue weighted by molar-refractivity contribution is -0.124. The molecular weight excluding hydrogens is 979 g/mol. The minimum absolute atomic E-state index is 0.0265. The third kappa shape index (κ3) is 17.6. The zero-order valence-corrected chi connectivity index (χ0v) is 44.6. The first kappa shape index (κ1) is 59.0. The lowest BCUT2D eigenvalue weighted by Gasteiger charge is -2.26. The second-order valence-electron chi connectivity index (χ2n) is 20.6. The fourth-order valence-corrected chi connectivity index (χ4v) is 8.49. The van der Waals surface area contributed by atoms with E-state index in [2.05, 4.69) is 57.5 Å². The summed E-state index contributed by atoms with van der Waals surface area (Å²) in [5.41, 5.74) is -0.751. The first-order valence-electron chi connectivity index (χ1n) is 25.9. The van der Waals surface area contributed by atoms with Crippen molar-refractivity contribution in [2.24, 2.45) is 23.7 Å². The molecule has 0 spiro atoms. The van der Waals surface area contributed by atoms with E-state index >= 15 is 0 Å². The van der Waals surface area contributed by atoms with Crippen molar-refractivity contribution in [2.75, 3.05) is 52.4 Å². The molecule has 4 bridgehead atoms. The molecule has 23 nitrogen and oxygen atoms in total. The van der Waals surface area contributed by atoms with Gasteiger partial charge in [0.25, 0.3) is 35.4 Å². The average Bonchev–Trinajstić information content (AvgIpc) is 3.37. The maximum absolute atomic E-state index is 14.5. The Morgan fingerprint density at radius 3 is 0.882 bits per heavy atom. The second kappa shape index (κ2) is 28.2. The van der Waals surface area contributed by atoms with Gasteiger partial charge in [-0.1, -0.05) is 73.6 Å². The largest absolute Gasteiger partial charge is 0.353 e. The van der Waals surface area contributed by atoms with E-state index in [1.165, 1.54) is 64.4 Å². The summed E-state index contributed by atoms with van der Waals surface area (Å²) >= 11 is 0. The Hall–Kier alpha value is -7.85. The quantitative estimate of drug-likeness (QED) is 0.142. The summed E-state index contributed by atoms with van der Waals surface area (Å²) in [6, 6.07) is 8.86. The molecule has 0 unspecified atom stereocenters. The van der Waals surface area contributed by atoms with Crippen LogP contribution in [0.1, 0.15) is 144 Å². The number of fused-ring (bicyclic) bond motifs is 4. The number of nitrogens with zero attached hydrogens (tertiary/aromatic N) is 5. The number of carbonyl (C=O) groups is 10. The highest BCUT2D eigenvalue weighted by atomic mass is 16.2. The molecule has 4 atom stereocenters. The van der Waals surface area contributed by atoms with E-state index in [1.54, 1.807) is 0 Å². The number of pyridine rings is 3. The highest BCUT2D eigenvalue weighted by Crippen LogP contribution is 2.14. The molecule has 3 aromatic heterocycles. The maximum atomic E-state index is 14.5. The van der Waals surface area contributed by atoms with Gasteiger partial charge < -0.3 is 52.3 Å². The Bertz CT molecular complexity index is 2300. The number of amides is 10. The number of hydrogen-bond donors (Lipinski definition) is 8. The Morgan fingerprint density at radius 1 is 0.408 bits per heavy atom. The predicted octanol–water partition coefficient (Wildman–Crippen LogP) is 1.23. The second-order valence-corrected chi connectivity index (χ2v) is 20.6. The van der Waals surface area contributed by atoms with E-state index in [0.29, 0.717) is 0 Å². The number of nitrogens with one attached hydrogen (secondary N) is 8. The molecule has 5 rings (SSSR count). The van der Waals surface area contributed by atoms with Crippen LogP contribution in [0.4, 0.5) is 0 Å². The minimum atomic E-state index is -1.01. The summed E-state index contributed by atoms with van der Waals surface area (Å²) in [5.74, 6) is -6.33. The van der Waals surface area contributed by atoms with Crippen molar-refractivity contribution in [3.8, 4) is 0 Å². The minimum Gasteiger partial charge on any atom is -0.353 e. The molecule has 0 saturated carbocycles. The van der Waals surface area contributed by atoms with Crippen molar-refractivity contribution in [3.63, 3.8) is 0 Å². The summed E-state index contributed by atoms with van der Waals surface area (Å²) in [6.45, 7) is 14.4. The Labute approximate surface area is 443 Å². The lowest BCUT2D eigenvalue weighted by Crippen LogP contribution is -2.51. The SMILES string of the molecule is CC(C)C[C@@H]1NC(=O)c2cccc(n2)C(=O)N[C@@H](CC(C)C)C(=O)NCCN(C(=O)c2cccc(C(=O)N3CCNC(=O)[C@H](CC(C)C)NC(=O)c4cccc(n4)C(=O)N[C@@H](CC(C)C)C(=O)NCC3)n2)CCNC1=O. The number of hydrogen-bond acceptors (Lipinski definition) is 13. The van der Waals surface area contributed by atoms with Crippen LogP contribution in [-0.4, -0.2) is 160 Å². The molecule has 0 fully saturated rings. The molecule has 0 aliphatic carbocycles. The zero-order chi connectivity index (χ0) is 55.6. The van der Waals surface area contributed by atoms with Crippen LogP contribution < -0.4 is 42.5 Å². The molecular formula is C53H73N13O10. The predicted molar refractivity (Wildman–Crippen MR) is 279 cm³/mol. The van der Waals surface area contributed by atoms with Crippen LogP contribution in [0.2, 0.25) is 0 Å². The van der Waals surface area contributed by atoms with E-state index in [4.69, 9.17) is 0 Å². The van der Waals surface area contributed by atoms with Gasteiger partial charge in [-0.3, -0.25) is 47.9 Å². The molecule has 0 radical (unpaired) electrons. The van der Waals surface area contributed by atoms with Gasteiger partial charge in [-0.15, -0.1) is 0 Å². The molecule has 410 valence electrons. The molecule has 10 amide bonds. The highest BCUT2D eigenvalue weighted by molar-refractivity contribution is 6.01. The lowest BCUT2D eigenvalue weighted by atomic mass is 10.0. The van der Waals surface area contributed by atoms with Crippen LogP contribution in [0.25, 0.3) is 0 Å². The van der Waals surface area contributed by atoms with Gasteiger partial charge >= 0.3 is 0 Å². The van der Waals surface area contributed by atoms with E-state index in [1.807, 2.05) is 55.4 Å². The molecule has 5 heterocycles. The zero-order valence-electron chi connectivity index (χ0n) is 44.6. The fourth-order valence-electron chi connectivity index (χ4n) is 8.49. The van der Waals surface area contributed by atoms with Gasteiger partial charge in [0, 0.05) is 52.4 Å². The van der Waals surface area contributed by atoms with Gasteiger partial charge in [-0.2, -0.15) is 0 Å². The van der Waals surface area contributed by atoms with Crippen molar-refractivity contribution >= 4 is 59.1 Å².